The Morgan fingerprint density at radius 2 is 2.00 bits per heavy atom. The second-order valence-corrected chi connectivity index (χ2v) is 8.03. The second-order valence-electron chi connectivity index (χ2n) is 8.03. The lowest BCUT2D eigenvalue weighted by molar-refractivity contribution is 0.414. The van der Waals surface area contributed by atoms with Crippen molar-refractivity contribution in [1.29, 1.82) is 0 Å². The number of fused-ring (bicyclic) bond motifs is 1. The van der Waals surface area contributed by atoms with Crippen molar-refractivity contribution in [3.63, 3.8) is 0 Å². The summed E-state index contributed by atoms with van der Waals surface area (Å²) in [4.78, 5) is 10.6. The zero-order valence-corrected chi connectivity index (χ0v) is 18.5. The van der Waals surface area contributed by atoms with Gasteiger partial charge < -0.3 is 25.3 Å². The number of benzene rings is 2. The van der Waals surface area contributed by atoms with Crippen molar-refractivity contribution in [1.82, 2.24) is 15.6 Å². The molecule has 1 atom stereocenters. The molecule has 0 bridgehead atoms. The van der Waals surface area contributed by atoms with Crippen LogP contribution in [0.2, 0.25) is 0 Å². The number of nitrogens with zero attached hydrogens (tertiary/aromatic N) is 2. The zero-order chi connectivity index (χ0) is 21.5. The highest BCUT2D eigenvalue weighted by Crippen LogP contribution is 2.32. The van der Waals surface area contributed by atoms with E-state index >= 15 is 0 Å². The molecule has 31 heavy (non-hydrogen) atoms. The van der Waals surface area contributed by atoms with Crippen molar-refractivity contribution in [2.45, 2.75) is 19.8 Å². The summed E-state index contributed by atoms with van der Waals surface area (Å²) in [6, 6.07) is 16.7. The Kier molecular flexibility index (Phi) is 6.97. The maximum atomic E-state index is 5.53. The first-order chi connectivity index (χ1) is 15.3. The first-order valence-electron chi connectivity index (χ1n) is 11.2. The summed E-state index contributed by atoms with van der Waals surface area (Å²) in [5, 5.41) is 8.18. The standard InChI is InChI=1S/C25H33N5O/c1-3-26-25(27-14-12-20-17-28-22-9-5-4-8-21(20)22)29-16-19-13-15-30(18-19)23-10-6-7-11-24(23)31-2/h4-11,17,19,28H,3,12-16,18H2,1-2H3,(H2,26,27,29). The van der Waals surface area contributed by atoms with Crippen molar-refractivity contribution in [3.8, 4) is 5.75 Å². The molecule has 3 N–H and O–H groups in total. The van der Waals surface area contributed by atoms with Crippen LogP contribution in [-0.4, -0.2) is 50.8 Å². The van der Waals surface area contributed by atoms with E-state index in [4.69, 9.17) is 9.73 Å². The molecule has 1 aromatic heterocycles. The summed E-state index contributed by atoms with van der Waals surface area (Å²) < 4.78 is 5.53. The number of hydrogen-bond donors (Lipinski definition) is 3. The van der Waals surface area contributed by atoms with Gasteiger partial charge in [-0.1, -0.05) is 30.3 Å². The minimum Gasteiger partial charge on any atom is -0.495 e. The highest BCUT2D eigenvalue weighted by Gasteiger charge is 2.24. The van der Waals surface area contributed by atoms with Crippen LogP contribution >= 0.6 is 0 Å². The molecule has 1 saturated heterocycles. The van der Waals surface area contributed by atoms with Crippen LogP contribution in [0.5, 0.6) is 5.75 Å². The smallest absolute Gasteiger partial charge is 0.191 e. The van der Waals surface area contributed by atoms with Gasteiger partial charge in [-0.3, -0.25) is 4.99 Å². The molecule has 1 fully saturated rings. The zero-order valence-electron chi connectivity index (χ0n) is 18.5. The Balaban J connectivity index is 1.30. The largest absolute Gasteiger partial charge is 0.495 e. The number of aromatic amines is 1. The Morgan fingerprint density at radius 1 is 1.16 bits per heavy atom. The van der Waals surface area contributed by atoms with Crippen LogP contribution in [0.3, 0.4) is 0 Å². The lowest BCUT2D eigenvalue weighted by Gasteiger charge is -2.21. The van der Waals surface area contributed by atoms with E-state index < -0.39 is 0 Å². The van der Waals surface area contributed by atoms with Crippen LogP contribution < -0.4 is 20.3 Å². The fourth-order valence-corrected chi connectivity index (χ4v) is 4.31. The maximum absolute atomic E-state index is 5.53. The maximum Gasteiger partial charge on any atom is 0.191 e. The van der Waals surface area contributed by atoms with Crippen LogP contribution in [0.15, 0.2) is 59.7 Å². The molecule has 0 saturated carbocycles. The van der Waals surface area contributed by atoms with Gasteiger partial charge in [0, 0.05) is 49.8 Å². The lowest BCUT2D eigenvalue weighted by atomic mass is 10.1. The van der Waals surface area contributed by atoms with Crippen LogP contribution in [0.4, 0.5) is 5.69 Å². The summed E-state index contributed by atoms with van der Waals surface area (Å²) in [6.45, 7) is 6.70. The second kappa shape index (κ2) is 10.2. The number of aromatic nitrogens is 1. The Morgan fingerprint density at radius 3 is 2.87 bits per heavy atom. The van der Waals surface area contributed by atoms with E-state index in [1.54, 1.807) is 7.11 Å². The highest BCUT2D eigenvalue weighted by molar-refractivity contribution is 5.83. The molecule has 1 aliphatic heterocycles. The number of nitrogens with one attached hydrogen (secondary N) is 3. The molecular formula is C25H33N5O. The number of H-pyrrole nitrogens is 1. The molecule has 1 unspecified atom stereocenters. The molecule has 6 nitrogen and oxygen atoms in total. The number of ether oxygens (including phenoxy) is 1. The molecule has 0 radical (unpaired) electrons. The monoisotopic (exact) mass is 419 g/mol. The van der Waals surface area contributed by atoms with Gasteiger partial charge in [0.25, 0.3) is 0 Å². The fourth-order valence-electron chi connectivity index (χ4n) is 4.31. The third kappa shape index (κ3) is 5.13. The predicted octanol–water partition coefficient (Wildman–Crippen LogP) is 3.80. The first kappa shape index (κ1) is 21.1. The topological polar surface area (TPSA) is 64.7 Å². The van der Waals surface area contributed by atoms with Gasteiger partial charge in [0.1, 0.15) is 5.75 Å². The van der Waals surface area contributed by atoms with E-state index in [0.29, 0.717) is 5.92 Å². The third-order valence-electron chi connectivity index (χ3n) is 5.93. The SMILES string of the molecule is CCNC(=NCC1CCN(c2ccccc2OC)C1)NCCc1c[nH]c2ccccc12. The predicted molar refractivity (Wildman–Crippen MR) is 129 cm³/mol. The van der Waals surface area contributed by atoms with Crippen molar-refractivity contribution >= 4 is 22.5 Å². The van der Waals surface area contributed by atoms with Crippen LogP contribution in [-0.2, 0) is 6.42 Å². The summed E-state index contributed by atoms with van der Waals surface area (Å²) in [5.41, 5.74) is 3.71. The number of guanidine groups is 1. The van der Waals surface area contributed by atoms with E-state index in [1.807, 2.05) is 12.1 Å². The Bertz CT molecular complexity index is 1010. The molecule has 3 aromatic rings. The summed E-state index contributed by atoms with van der Waals surface area (Å²) in [5.74, 6) is 2.39. The minimum absolute atomic E-state index is 0.550. The van der Waals surface area contributed by atoms with Crippen molar-refractivity contribution < 1.29 is 4.74 Å². The van der Waals surface area contributed by atoms with Crippen molar-refractivity contribution in [2.75, 3.05) is 44.7 Å². The molecule has 4 rings (SSSR count). The Hall–Kier alpha value is -3.15. The molecule has 6 heteroatoms. The number of methoxy groups -OCH3 is 1. The Labute approximate surface area is 184 Å². The lowest BCUT2D eigenvalue weighted by Crippen LogP contribution is -2.38. The van der Waals surface area contributed by atoms with Crippen molar-refractivity contribution in [3.05, 3.63) is 60.3 Å². The van der Waals surface area contributed by atoms with Gasteiger partial charge in [-0.25, -0.2) is 0 Å². The van der Waals surface area contributed by atoms with E-state index in [1.165, 1.54) is 22.2 Å². The highest BCUT2D eigenvalue weighted by atomic mass is 16.5. The minimum atomic E-state index is 0.550. The average molecular weight is 420 g/mol. The number of aliphatic imine (C=N–C) groups is 1. The van der Waals surface area contributed by atoms with Gasteiger partial charge in [0.05, 0.1) is 12.8 Å². The molecule has 0 aliphatic carbocycles. The van der Waals surface area contributed by atoms with Crippen molar-refractivity contribution in [2.24, 2.45) is 10.9 Å². The van der Waals surface area contributed by atoms with Gasteiger partial charge in [-0.2, -0.15) is 0 Å². The van der Waals surface area contributed by atoms with Gasteiger partial charge in [-0.15, -0.1) is 0 Å². The number of rotatable bonds is 8. The van der Waals surface area contributed by atoms with Gasteiger partial charge in [-0.05, 0) is 49.4 Å². The van der Waals surface area contributed by atoms with E-state index in [0.717, 1.165) is 57.3 Å². The summed E-state index contributed by atoms with van der Waals surface area (Å²) in [7, 11) is 1.74. The molecule has 164 valence electrons. The molecule has 2 aromatic carbocycles. The molecule has 0 spiro atoms. The normalized spacial score (nSPS) is 16.6. The molecule has 1 aliphatic rings. The van der Waals surface area contributed by atoms with E-state index in [9.17, 15) is 0 Å². The summed E-state index contributed by atoms with van der Waals surface area (Å²) in [6.07, 6.45) is 4.22. The molecule has 0 amide bonds. The first-order valence-corrected chi connectivity index (χ1v) is 11.2. The number of para-hydroxylation sites is 3. The van der Waals surface area contributed by atoms with Gasteiger partial charge in [0.2, 0.25) is 0 Å². The third-order valence-corrected chi connectivity index (χ3v) is 5.93. The quantitative estimate of drug-likeness (QED) is 0.384. The van der Waals surface area contributed by atoms with E-state index in [2.05, 4.69) is 70.0 Å². The van der Waals surface area contributed by atoms with Crippen LogP contribution in [0, 0.1) is 5.92 Å². The van der Waals surface area contributed by atoms with Gasteiger partial charge >= 0.3 is 0 Å². The fraction of sp³-hybridized carbons (Fsp3) is 0.400. The van der Waals surface area contributed by atoms with Crippen LogP contribution in [0.25, 0.3) is 10.9 Å². The van der Waals surface area contributed by atoms with Gasteiger partial charge in [0.15, 0.2) is 5.96 Å². The van der Waals surface area contributed by atoms with Crippen LogP contribution in [0.1, 0.15) is 18.9 Å². The molecular weight excluding hydrogens is 386 g/mol. The molecule has 2 heterocycles. The number of hydrogen-bond acceptors (Lipinski definition) is 3. The van der Waals surface area contributed by atoms with E-state index in [-0.39, 0.29) is 0 Å². The average Bonchev–Trinajstić information content (AvgIpc) is 3.45. The summed E-state index contributed by atoms with van der Waals surface area (Å²) >= 11 is 0. The number of anilines is 1.